The summed E-state index contributed by atoms with van der Waals surface area (Å²) in [5.74, 6) is 6.30. The van der Waals surface area contributed by atoms with Crippen LogP contribution in [0.15, 0.2) is 11.6 Å². The van der Waals surface area contributed by atoms with Crippen molar-refractivity contribution in [3.63, 3.8) is 0 Å². The monoisotopic (exact) mass is 248 g/mol. The smallest absolute Gasteiger partial charge is 0.193 e. The minimum atomic E-state index is -1.04. The Bertz CT molecular complexity index is 421. The van der Waals surface area contributed by atoms with Crippen molar-refractivity contribution in [1.29, 1.82) is 0 Å². The van der Waals surface area contributed by atoms with Gasteiger partial charge in [0.15, 0.2) is 5.60 Å². The zero-order valence-corrected chi connectivity index (χ0v) is 10.5. The maximum atomic E-state index is 10.1. The zero-order valence-electron chi connectivity index (χ0n) is 10.5. The quantitative estimate of drug-likeness (QED) is 0.392. The lowest BCUT2D eigenvalue weighted by Gasteiger charge is -2.51. The molecule has 98 valence electrons. The molecule has 3 aliphatic carbocycles. The van der Waals surface area contributed by atoms with Crippen LogP contribution in [0.3, 0.4) is 0 Å². The van der Waals surface area contributed by atoms with Gasteiger partial charge in [-0.3, -0.25) is 0 Å². The molecule has 0 amide bonds. The summed E-state index contributed by atoms with van der Waals surface area (Å²) >= 11 is 0. The molecule has 0 bridgehead atoms. The van der Waals surface area contributed by atoms with E-state index >= 15 is 0 Å². The van der Waals surface area contributed by atoms with Gasteiger partial charge >= 0.3 is 0 Å². The van der Waals surface area contributed by atoms with Crippen LogP contribution in [-0.2, 0) is 0 Å². The van der Waals surface area contributed by atoms with Crippen molar-refractivity contribution in [2.24, 2.45) is 17.8 Å². The van der Waals surface area contributed by atoms with Crippen LogP contribution in [0, 0.1) is 29.6 Å². The fourth-order valence-electron chi connectivity index (χ4n) is 3.70. The number of hydrogen-bond donors (Lipinski definition) is 3. The molecule has 2 fully saturated rings. The second-order valence-electron chi connectivity index (χ2n) is 5.81. The van der Waals surface area contributed by atoms with Crippen molar-refractivity contribution < 1.29 is 15.3 Å². The molecule has 0 aromatic carbocycles. The summed E-state index contributed by atoms with van der Waals surface area (Å²) < 4.78 is 0. The third kappa shape index (κ3) is 1.89. The van der Waals surface area contributed by atoms with Gasteiger partial charge in [-0.15, -0.1) is 0 Å². The summed E-state index contributed by atoms with van der Waals surface area (Å²) in [6.07, 6.45) is 6.33. The van der Waals surface area contributed by atoms with E-state index in [1.807, 2.05) is 0 Å². The third-order valence-corrected chi connectivity index (χ3v) is 4.75. The molecule has 3 N–H and O–H groups in total. The minimum Gasteiger partial charge on any atom is -0.396 e. The highest BCUT2D eigenvalue weighted by molar-refractivity contribution is 5.47. The highest BCUT2D eigenvalue weighted by atomic mass is 16.3. The van der Waals surface area contributed by atoms with E-state index in [4.69, 9.17) is 5.11 Å². The second-order valence-corrected chi connectivity index (χ2v) is 5.81. The van der Waals surface area contributed by atoms with Gasteiger partial charge in [0.05, 0.1) is 6.10 Å². The average Bonchev–Trinajstić information content (AvgIpc) is 3.05. The lowest BCUT2D eigenvalue weighted by atomic mass is 9.54. The van der Waals surface area contributed by atoms with Gasteiger partial charge in [-0.2, -0.15) is 0 Å². The van der Waals surface area contributed by atoms with Gasteiger partial charge in [0.1, 0.15) is 0 Å². The summed E-state index contributed by atoms with van der Waals surface area (Å²) in [7, 11) is 0. The fraction of sp³-hybridized carbons (Fsp3) is 0.733. The first kappa shape index (κ1) is 12.2. The van der Waals surface area contributed by atoms with Crippen LogP contribution >= 0.6 is 0 Å². The molecule has 4 atom stereocenters. The fourth-order valence-corrected chi connectivity index (χ4v) is 3.70. The van der Waals surface area contributed by atoms with Crippen LogP contribution in [0.5, 0.6) is 0 Å². The SMILES string of the molecule is OCCCC=C1C[C@H]2C(C3(O)C#C3)[C@@H](O)CC[C@@H]12. The van der Waals surface area contributed by atoms with E-state index in [-0.39, 0.29) is 12.5 Å². The predicted octanol–water partition coefficient (Wildman–Crippen LogP) is 0.840. The van der Waals surface area contributed by atoms with Crippen LogP contribution in [0.25, 0.3) is 0 Å². The zero-order chi connectivity index (χ0) is 12.8. The molecule has 18 heavy (non-hydrogen) atoms. The van der Waals surface area contributed by atoms with Crippen molar-refractivity contribution in [1.82, 2.24) is 0 Å². The number of fused-ring (bicyclic) bond motifs is 1. The van der Waals surface area contributed by atoms with Crippen molar-refractivity contribution in [3.05, 3.63) is 11.6 Å². The van der Waals surface area contributed by atoms with Gasteiger partial charge in [-0.25, -0.2) is 0 Å². The van der Waals surface area contributed by atoms with E-state index in [9.17, 15) is 10.2 Å². The molecule has 3 heteroatoms. The van der Waals surface area contributed by atoms with Crippen molar-refractivity contribution >= 4 is 0 Å². The largest absolute Gasteiger partial charge is 0.396 e. The van der Waals surface area contributed by atoms with Crippen LogP contribution in [0.2, 0.25) is 0 Å². The first-order valence-corrected chi connectivity index (χ1v) is 6.90. The maximum Gasteiger partial charge on any atom is 0.193 e. The van der Waals surface area contributed by atoms with Crippen LogP contribution < -0.4 is 0 Å². The Labute approximate surface area is 108 Å². The molecule has 0 radical (unpaired) electrons. The molecular weight excluding hydrogens is 228 g/mol. The van der Waals surface area contributed by atoms with Crippen LogP contribution in [0.4, 0.5) is 0 Å². The second kappa shape index (κ2) is 4.38. The van der Waals surface area contributed by atoms with E-state index in [2.05, 4.69) is 17.9 Å². The van der Waals surface area contributed by atoms with Crippen LogP contribution in [0.1, 0.15) is 32.1 Å². The van der Waals surface area contributed by atoms with Crippen molar-refractivity contribution in [2.45, 2.75) is 43.8 Å². The van der Waals surface area contributed by atoms with Gasteiger partial charge in [0.25, 0.3) is 0 Å². The molecule has 3 nitrogen and oxygen atoms in total. The van der Waals surface area contributed by atoms with Gasteiger partial charge in [0, 0.05) is 12.5 Å². The van der Waals surface area contributed by atoms with E-state index < -0.39 is 11.7 Å². The lowest BCUT2D eigenvalue weighted by Crippen LogP contribution is -2.52. The third-order valence-electron chi connectivity index (χ3n) is 4.75. The van der Waals surface area contributed by atoms with Gasteiger partial charge in [-0.1, -0.05) is 23.5 Å². The first-order valence-electron chi connectivity index (χ1n) is 6.90. The summed E-state index contributed by atoms with van der Waals surface area (Å²) in [6.45, 7) is 0.243. The Kier molecular flexibility index (Phi) is 2.97. The standard InChI is InChI=1S/C15H20O3/c16-8-2-1-3-10-9-12-11(10)4-5-13(17)14(12)15(18)6-7-15/h3,11-14,16-18H,1-2,4-5,8-9H2/t11-,12+,13-,14?/m0/s1. The predicted molar refractivity (Wildman–Crippen MR) is 67.5 cm³/mol. The summed E-state index contributed by atoms with van der Waals surface area (Å²) in [5, 5.41) is 29.0. The Hall–Kier alpha value is -0.820. The van der Waals surface area contributed by atoms with E-state index in [1.165, 1.54) is 5.57 Å². The highest BCUT2D eigenvalue weighted by Crippen LogP contribution is 2.55. The molecule has 3 rings (SSSR count). The molecule has 0 aromatic heterocycles. The average molecular weight is 248 g/mol. The molecule has 1 unspecified atom stereocenters. The molecule has 0 aliphatic heterocycles. The molecule has 3 aliphatic rings. The molecule has 0 spiro atoms. The molecule has 0 heterocycles. The van der Waals surface area contributed by atoms with Crippen LogP contribution in [-0.4, -0.2) is 33.6 Å². The number of unbranched alkanes of at least 4 members (excludes halogenated alkanes) is 1. The van der Waals surface area contributed by atoms with E-state index in [1.54, 1.807) is 0 Å². The van der Waals surface area contributed by atoms with E-state index in [0.717, 1.165) is 32.1 Å². The Morgan fingerprint density at radius 1 is 1.33 bits per heavy atom. The number of hydrogen-bond acceptors (Lipinski definition) is 3. The van der Waals surface area contributed by atoms with Gasteiger partial charge < -0.3 is 15.3 Å². The lowest BCUT2D eigenvalue weighted by molar-refractivity contribution is -0.0764. The van der Waals surface area contributed by atoms with Crippen molar-refractivity contribution in [3.8, 4) is 11.8 Å². The molecule has 2 saturated carbocycles. The highest BCUT2D eigenvalue weighted by Gasteiger charge is 2.56. The van der Waals surface area contributed by atoms with Gasteiger partial charge in [-0.05, 0) is 43.9 Å². The molecular formula is C15H20O3. The Morgan fingerprint density at radius 2 is 2.11 bits per heavy atom. The topological polar surface area (TPSA) is 60.7 Å². The number of aliphatic hydroxyl groups is 3. The summed E-state index contributed by atoms with van der Waals surface area (Å²) in [5.41, 5.74) is 0.411. The number of rotatable bonds is 4. The number of allylic oxidation sites excluding steroid dienone is 2. The summed E-state index contributed by atoms with van der Waals surface area (Å²) in [6, 6.07) is 0. The van der Waals surface area contributed by atoms with E-state index in [0.29, 0.717) is 11.8 Å². The number of aliphatic hydroxyl groups excluding tert-OH is 2. The minimum absolute atomic E-state index is 0.105. The molecule has 0 aromatic rings. The molecule has 0 saturated heterocycles. The maximum absolute atomic E-state index is 10.1. The summed E-state index contributed by atoms with van der Waals surface area (Å²) in [4.78, 5) is 0. The van der Waals surface area contributed by atoms with Gasteiger partial charge in [0.2, 0.25) is 0 Å². The normalized spacial score (nSPS) is 41.6. The Balaban J connectivity index is 1.65. The first-order chi connectivity index (χ1) is 8.65. The van der Waals surface area contributed by atoms with Crippen molar-refractivity contribution in [2.75, 3.05) is 6.61 Å². The Morgan fingerprint density at radius 3 is 2.78 bits per heavy atom.